The molecule has 5 heteroatoms. The van der Waals surface area contributed by atoms with Crippen molar-refractivity contribution in [2.24, 2.45) is 0 Å². The van der Waals surface area contributed by atoms with Gasteiger partial charge in [-0.1, -0.05) is 0 Å². The van der Waals surface area contributed by atoms with Crippen LogP contribution >= 0.6 is 0 Å². The number of nitrogens with zero attached hydrogens (tertiary/aromatic N) is 3. The van der Waals surface area contributed by atoms with Gasteiger partial charge in [0, 0.05) is 12.6 Å². The van der Waals surface area contributed by atoms with Gasteiger partial charge >= 0.3 is 5.97 Å². The summed E-state index contributed by atoms with van der Waals surface area (Å²) >= 11 is 0. The highest BCUT2D eigenvalue weighted by atomic mass is 16.4. The topological polar surface area (TPSA) is 58.4 Å². The number of aromatic nitrogens is 2. The van der Waals surface area contributed by atoms with Crippen molar-refractivity contribution >= 4 is 5.97 Å². The van der Waals surface area contributed by atoms with Crippen molar-refractivity contribution in [1.29, 1.82) is 0 Å². The molecule has 1 saturated heterocycles. The molecule has 0 bridgehead atoms. The lowest BCUT2D eigenvalue weighted by Gasteiger charge is -2.28. The lowest BCUT2D eigenvalue weighted by atomic mass is 10.1. The van der Waals surface area contributed by atoms with Crippen LogP contribution in [-0.2, 0) is 11.2 Å². The van der Waals surface area contributed by atoms with Gasteiger partial charge in [0.15, 0.2) is 0 Å². The zero-order valence-corrected chi connectivity index (χ0v) is 10.2. The SMILES string of the molecule is CN1CCC(n2cc(CCC(=O)O)cn2)CC1. The van der Waals surface area contributed by atoms with Gasteiger partial charge in [-0.15, -0.1) is 0 Å². The van der Waals surface area contributed by atoms with E-state index < -0.39 is 5.97 Å². The van der Waals surface area contributed by atoms with Crippen molar-refractivity contribution in [3.63, 3.8) is 0 Å². The molecule has 1 aromatic heterocycles. The Morgan fingerprint density at radius 2 is 2.24 bits per heavy atom. The second-order valence-electron chi connectivity index (χ2n) is 4.76. The molecule has 94 valence electrons. The molecular weight excluding hydrogens is 218 g/mol. The minimum atomic E-state index is -0.753. The normalized spacial score (nSPS) is 18.4. The number of piperidine rings is 1. The zero-order chi connectivity index (χ0) is 12.3. The highest BCUT2D eigenvalue weighted by Crippen LogP contribution is 2.21. The first-order valence-electron chi connectivity index (χ1n) is 6.08. The number of hydrogen-bond donors (Lipinski definition) is 1. The van der Waals surface area contributed by atoms with Crippen LogP contribution in [0.25, 0.3) is 0 Å². The summed E-state index contributed by atoms with van der Waals surface area (Å²) in [6.45, 7) is 2.21. The van der Waals surface area contributed by atoms with Crippen LogP contribution < -0.4 is 0 Å². The molecule has 17 heavy (non-hydrogen) atoms. The third kappa shape index (κ3) is 3.30. The van der Waals surface area contributed by atoms with E-state index in [9.17, 15) is 4.79 Å². The van der Waals surface area contributed by atoms with Crippen LogP contribution in [0.15, 0.2) is 12.4 Å². The molecule has 0 aliphatic carbocycles. The Hall–Kier alpha value is -1.36. The van der Waals surface area contributed by atoms with E-state index in [1.54, 1.807) is 6.20 Å². The Kier molecular flexibility index (Phi) is 3.78. The maximum atomic E-state index is 10.5. The second-order valence-corrected chi connectivity index (χ2v) is 4.76. The Bertz CT molecular complexity index is 381. The van der Waals surface area contributed by atoms with E-state index in [1.165, 1.54) is 0 Å². The summed E-state index contributed by atoms with van der Waals surface area (Å²) in [7, 11) is 2.14. The van der Waals surface area contributed by atoms with Gasteiger partial charge < -0.3 is 10.0 Å². The van der Waals surface area contributed by atoms with Crippen LogP contribution in [0.3, 0.4) is 0 Å². The predicted octanol–water partition coefficient (Wildman–Crippen LogP) is 1.17. The minimum Gasteiger partial charge on any atom is -0.481 e. The van der Waals surface area contributed by atoms with Crippen LogP contribution in [0, 0.1) is 0 Å². The van der Waals surface area contributed by atoms with E-state index in [2.05, 4.69) is 17.0 Å². The van der Waals surface area contributed by atoms with E-state index >= 15 is 0 Å². The molecule has 0 saturated carbocycles. The summed E-state index contributed by atoms with van der Waals surface area (Å²) in [5.74, 6) is -0.753. The molecule has 0 spiro atoms. The smallest absolute Gasteiger partial charge is 0.303 e. The number of carboxylic acids is 1. The van der Waals surface area contributed by atoms with Gasteiger partial charge in [-0.05, 0) is 45.0 Å². The van der Waals surface area contributed by atoms with Crippen molar-refractivity contribution in [3.05, 3.63) is 18.0 Å². The van der Waals surface area contributed by atoms with Gasteiger partial charge in [-0.2, -0.15) is 5.10 Å². The largest absolute Gasteiger partial charge is 0.481 e. The number of hydrogen-bond acceptors (Lipinski definition) is 3. The Balaban J connectivity index is 1.91. The van der Waals surface area contributed by atoms with Crippen LogP contribution in [0.4, 0.5) is 0 Å². The van der Waals surface area contributed by atoms with Gasteiger partial charge in [-0.25, -0.2) is 0 Å². The van der Waals surface area contributed by atoms with E-state index in [0.717, 1.165) is 31.5 Å². The maximum absolute atomic E-state index is 10.5. The highest BCUT2D eigenvalue weighted by molar-refractivity contribution is 5.67. The van der Waals surface area contributed by atoms with Gasteiger partial charge in [0.2, 0.25) is 0 Å². The molecule has 0 unspecified atom stereocenters. The van der Waals surface area contributed by atoms with Gasteiger partial charge in [0.25, 0.3) is 0 Å². The quantitative estimate of drug-likeness (QED) is 0.854. The molecule has 1 N–H and O–H groups in total. The molecule has 0 aromatic carbocycles. The summed E-state index contributed by atoms with van der Waals surface area (Å²) in [5.41, 5.74) is 1.02. The molecule has 1 aliphatic heterocycles. The second kappa shape index (κ2) is 5.31. The number of aliphatic carboxylic acids is 1. The highest BCUT2D eigenvalue weighted by Gasteiger charge is 2.18. The molecule has 2 heterocycles. The fraction of sp³-hybridized carbons (Fsp3) is 0.667. The van der Waals surface area contributed by atoms with Crippen molar-refractivity contribution in [1.82, 2.24) is 14.7 Å². The number of rotatable bonds is 4. The van der Waals surface area contributed by atoms with Crippen LogP contribution in [-0.4, -0.2) is 45.9 Å². The Labute approximate surface area is 101 Å². The van der Waals surface area contributed by atoms with E-state index in [0.29, 0.717) is 12.5 Å². The predicted molar refractivity (Wildman–Crippen MR) is 64.0 cm³/mol. The summed E-state index contributed by atoms with van der Waals surface area (Å²) in [4.78, 5) is 12.8. The van der Waals surface area contributed by atoms with Crippen LogP contribution in [0.5, 0.6) is 0 Å². The molecule has 1 aliphatic rings. The lowest BCUT2D eigenvalue weighted by molar-refractivity contribution is -0.136. The molecule has 5 nitrogen and oxygen atoms in total. The van der Waals surface area contributed by atoms with Gasteiger partial charge in [0.1, 0.15) is 0 Å². The fourth-order valence-corrected chi connectivity index (χ4v) is 2.22. The van der Waals surface area contributed by atoms with E-state index in [-0.39, 0.29) is 6.42 Å². The van der Waals surface area contributed by atoms with Crippen molar-refractivity contribution in [2.45, 2.75) is 31.7 Å². The first-order valence-corrected chi connectivity index (χ1v) is 6.08. The molecule has 1 aromatic rings. The van der Waals surface area contributed by atoms with Crippen molar-refractivity contribution < 1.29 is 9.90 Å². The van der Waals surface area contributed by atoms with E-state index in [4.69, 9.17) is 5.11 Å². The van der Waals surface area contributed by atoms with Gasteiger partial charge in [0.05, 0.1) is 12.2 Å². The number of carbonyl (C=O) groups is 1. The molecule has 0 amide bonds. The summed E-state index contributed by atoms with van der Waals surface area (Å²) in [6, 6.07) is 0.477. The third-order valence-electron chi connectivity index (χ3n) is 3.34. The lowest BCUT2D eigenvalue weighted by Crippen LogP contribution is -2.31. The Morgan fingerprint density at radius 1 is 1.53 bits per heavy atom. The van der Waals surface area contributed by atoms with Crippen LogP contribution in [0.1, 0.15) is 30.9 Å². The summed E-state index contributed by atoms with van der Waals surface area (Å²) < 4.78 is 2.00. The molecular formula is C12H19N3O2. The monoisotopic (exact) mass is 237 g/mol. The molecule has 0 radical (unpaired) electrons. The standard InChI is InChI=1S/C12H19N3O2/c1-14-6-4-11(5-7-14)15-9-10(8-13-15)2-3-12(16)17/h8-9,11H,2-7H2,1H3,(H,16,17). The average Bonchev–Trinajstić information content (AvgIpc) is 2.76. The summed E-state index contributed by atoms with van der Waals surface area (Å²) in [6.07, 6.45) is 6.79. The maximum Gasteiger partial charge on any atom is 0.303 e. The number of likely N-dealkylation sites (tertiary alicyclic amines) is 1. The van der Waals surface area contributed by atoms with Gasteiger partial charge in [-0.3, -0.25) is 9.48 Å². The summed E-state index contributed by atoms with van der Waals surface area (Å²) in [5, 5.41) is 13.0. The van der Waals surface area contributed by atoms with Crippen molar-refractivity contribution in [3.8, 4) is 0 Å². The fourth-order valence-electron chi connectivity index (χ4n) is 2.22. The number of carboxylic acid groups (broad SMARTS) is 1. The zero-order valence-electron chi connectivity index (χ0n) is 10.2. The number of aryl methyl sites for hydroxylation is 1. The average molecular weight is 237 g/mol. The third-order valence-corrected chi connectivity index (χ3v) is 3.34. The Morgan fingerprint density at radius 3 is 2.88 bits per heavy atom. The minimum absolute atomic E-state index is 0.180. The first-order chi connectivity index (χ1) is 8.15. The molecule has 2 rings (SSSR count). The molecule has 1 fully saturated rings. The first kappa shape index (κ1) is 12.1. The van der Waals surface area contributed by atoms with E-state index in [1.807, 2.05) is 10.9 Å². The molecule has 0 atom stereocenters. The van der Waals surface area contributed by atoms with Crippen molar-refractivity contribution in [2.75, 3.05) is 20.1 Å². The van der Waals surface area contributed by atoms with Crippen LogP contribution in [0.2, 0.25) is 0 Å².